The number of nitrogens with one attached hydrogen (secondary N) is 2. The van der Waals surface area contributed by atoms with E-state index in [9.17, 15) is 22.4 Å². The van der Waals surface area contributed by atoms with Crippen molar-refractivity contribution < 1.29 is 26.8 Å². The van der Waals surface area contributed by atoms with Crippen molar-refractivity contribution in [2.75, 3.05) is 22.1 Å². The summed E-state index contributed by atoms with van der Waals surface area (Å²) >= 11 is 0. The third-order valence-corrected chi connectivity index (χ3v) is 5.96. The number of rotatable bonds is 4. The number of halogens is 1. The predicted molar refractivity (Wildman–Crippen MR) is 93.2 cm³/mol. The molecule has 1 aromatic heterocycles. The number of amides is 2. The number of benzene rings is 1. The molecule has 0 unspecified atom stereocenters. The molecule has 0 saturated carbocycles. The number of aryl methyl sites for hydroxylation is 1. The Morgan fingerprint density at radius 2 is 2.00 bits per heavy atom. The van der Waals surface area contributed by atoms with E-state index >= 15 is 0 Å². The van der Waals surface area contributed by atoms with Crippen molar-refractivity contribution in [1.29, 1.82) is 0 Å². The molecule has 3 rings (SSSR count). The maximum atomic E-state index is 14.0. The van der Waals surface area contributed by atoms with E-state index in [1.165, 1.54) is 24.5 Å². The minimum atomic E-state index is -3.18. The van der Waals surface area contributed by atoms with Crippen LogP contribution in [0.3, 0.4) is 0 Å². The second kappa shape index (κ2) is 6.91. The van der Waals surface area contributed by atoms with E-state index in [2.05, 4.69) is 10.6 Å². The molecule has 9 heteroatoms. The Labute approximate surface area is 149 Å². The van der Waals surface area contributed by atoms with Gasteiger partial charge in [-0.1, -0.05) is 0 Å². The van der Waals surface area contributed by atoms with Gasteiger partial charge in [-0.25, -0.2) is 12.8 Å². The van der Waals surface area contributed by atoms with Gasteiger partial charge >= 0.3 is 0 Å². The lowest BCUT2D eigenvalue weighted by atomic mass is 10.1. The number of anilines is 2. The summed E-state index contributed by atoms with van der Waals surface area (Å²) in [4.78, 5) is 24.4. The van der Waals surface area contributed by atoms with Crippen molar-refractivity contribution in [3.05, 3.63) is 47.7 Å². The molecule has 26 heavy (non-hydrogen) atoms. The lowest BCUT2D eigenvalue weighted by Crippen LogP contribution is -2.23. The lowest BCUT2D eigenvalue weighted by molar-refractivity contribution is -0.119. The van der Waals surface area contributed by atoms with Crippen LogP contribution in [0.4, 0.5) is 15.8 Å². The second-order valence-corrected chi connectivity index (χ2v) is 8.36. The van der Waals surface area contributed by atoms with Crippen LogP contribution in [0.15, 0.2) is 34.9 Å². The summed E-state index contributed by atoms with van der Waals surface area (Å²) in [6.45, 7) is 1.61. The maximum absolute atomic E-state index is 14.0. The van der Waals surface area contributed by atoms with Gasteiger partial charge in [0.25, 0.3) is 5.91 Å². The fourth-order valence-electron chi connectivity index (χ4n) is 2.76. The highest BCUT2D eigenvalue weighted by atomic mass is 32.2. The first-order chi connectivity index (χ1) is 12.2. The molecule has 2 aromatic rings. The van der Waals surface area contributed by atoms with Crippen LogP contribution >= 0.6 is 0 Å². The highest BCUT2D eigenvalue weighted by Gasteiger charge is 2.33. The Kier molecular flexibility index (Phi) is 4.82. The summed E-state index contributed by atoms with van der Waals surface area (Å²) in [5.41, 5.74) is 0.433. The van der Waals surface area contributed by atoms with E-state index in [4.69, 9.17) is 4.42 Å². The third kappa shape index (κ3) is 3.93. The smallest absolute Gasteiger partial charge is 0.259 e. The monoisotopic (exact) mass is 380 g/mol. The highest BCUT2D eigenvalue weighted by molar-refractivity contribution is 7.91. The van der Waals surface area contributed by atoms with Gasteiger partial charge in [0.05, 0.1) is 34.9 Å². The number of sulfone groups is 1. The minimum Gasteiger partial charge on any atom is -0.469 e. The summed E-state index contributed by atoms with van der Waals surface area (Å²) in [6.07, 6.45) is 1.62. The average molecular weight is 380 g/mol. The first-order valence-corrected chi connectivity index (χ1v) is 9.73. The van der Waals surface area contributed by atoms with E-state index in [0.717, 1.165) is 6.07 Å². The van der Waals surface area contributed by atoms with Gasteiger partial charge in [0.2, 0.25) is 5.91 Å². The van der Waals surface area contributed by atoms with Crippen LogP contribution in [0.25, 0.3) is 0 Å². The molecule has 0 spiro atoms. The summed E-state index contributed by atoms with van der Waals surface area (Å²) in [5.74, 6) is -2.09. The van der Waals surface area contributed by atoms with Crippen LogP contribution in [0.2, 0.25) is 0 Å². The summed E-state index contributed by atoms with van der Waals surface area (Å²) in [6, 6.07) is 5.20. The number of carbonyl (C=O) groups excluding carboxylic acids is 2. The summed E-state index contributed by atoms with van der Waals surface area (Å²) < 4.78 is 42.0. The maximum Gasteiger partial charge on any atom is 0.259 e. The molecular formula is C17H17FN2O5S. The van der Waals surface area contributed by atoms with Crippen LogP contribution in [-0.4, -0.2) is 31.7 Å². The van der Waals surface area contributed by atoms with Crippen LogP contribution in [0.1, 0.15) is 22.5 Å². The Balaban J connectivity index is 1.72. The molecule has 2 heterocycles. The first-order valence-electron chi connectivity index (χ1n) is 7.91. The van der Waals surface area contributed by atoms with Gasteiger partial charge in [0, 0.05) is 5.69 Å². The lowest BCUT2D eigenvalue weighted by Gasteiger charge is -2.12. The molecule has 1 aliphatic heterocycles. The van der Waals surface area contributed by atoms with E-state index in [-0.39, 0.29) is 34.9 Å². The van der Waals surface area contributed by atoms with Gasteiger partial charge in [0.1, 0.15) is 11.6 Å². The minimum absolute atomic E-state index is 0.0140. The van der Waals surface area contributed by atoms with Crippen molar-refractivity contribution in [3.63, 3.8) is 0 Å². The van der Waals surface area contributed by atoms with Crippen molar-refractivity contribution in [1.82, 2.24) is 0 Å². The van der Waals surface area contributed by atoms with Gasteiger partial charge in [0.15, 0.2) is 9.84 Å². The normalized spacial score (nSPS) is 18.5. The fraction of sp³-hybridized carbons (Fsp3) is 0.294. The fourth-order valence-corrected chi connectivity index (χ4v) is 4.50. The van der Waals surface area contributed by atoms with Gasteiger partial charge in [-0.15, -0.1) is 0 Å². The summed E-state index contributed by atoms with van der Waals surface area (Å²) in [7, 11) is -3.18. The largest absolute Gasteiger partial charge is 0.469 e. The van der Waals surface area contributed by atoms with Gasteiger partial charge < -0.3 is 15.1 Å². The van der Waals surface area contributed by atoms with Crippen LogP contribution in [-0.2, 0) is 14.6 Å². The highest BCUT2D eigenvalue weighted by Crippen LogP contribution is 2.24. The van der Waals surface area contributed by atoms with Gasteiger partial charge in [-0.05, 0) is 37.6 Å². The van der Waals surface area contributed by atoms with E-state index < -0.39 is 33.4 Å². The Bertz CT molecular complexity index is 967. The zero-order valence-electron chi connectivity index (χ0n) is 13.9. The molecule has 7 nitrogen and oxygen atoms in total. The molecule has 0 radical (unpaired) electrons. The molecule has 0 bridgehead atoms. The molecule has 0 aliphatic carbocycles. The Hall–Kier alpha value is -2.68. The molecule has 1 aromatic carbocycles. The van der Waals surface area contributed by atoms with E-state index in [0.29, 0.717) is 5.76 Å². The van der Waals surface area contributed by atoms with Crippen molar-refractivity contribution in [2.24, 2.45) is 5.92 Å². The topological polar surface area (TPSA) is 105 Å². The molecule has 138 valence electrons. The quantitative estimate of drug-likeness (QED) is 0.847. The first kappa shape index (κ1) is 18.1. The molecule has 1 atom stereocenters. The van der Waals surface area contributed by atoms with Crippen LogP contribution in [0, 0.1) is 18.7 Å². The number of hydrogen-bond acceptors (Lipinski definition) is 5. The molecule has 1 fully saturated rings. The summed E-state index contributed by atoms with van der Waals surface area (Å²) in [5, 5.41) is 5.00. The van der Waals surface area contributed by atoms with Gasteiger partial charge in [-0.2, -0.15) is 0 Å². The average Bonchev–Trinajstić information content (AvgIpc) is 3.16. The van der Waals surface area contributed by atoms with E-state index in [1.54, 1.807) is 6.92 Å². The van der Waals surface area contributed by atoms with Gasteiger partial charge in [-0.3, -0.25) is 9.59 Å². The molecule has 1 saturated heterocycles. The van der Waals surface area contributed by atoms with Crippen molar-refractivity contribution >= 4 is 33.0 Å². The predicted octanol–water partition coefficient (Wildman–Crippen LogP) is 2.35. The Morgan fingerprint density at radius 1 is 1.23 bits per heavy atom. The number of hydrogen-bond donors (Lipinski definition) is 2. The molecule has 2 N–H and O–H groups in total. The zero-order chi connectivity index (χ0) is 18.9. The molecule has 1 aliphatic rings. The second-order valence-electron chi connectivity index (χ2n) is 6.13. The zero-order valence-corrected chi connectivity index (χ0v) is 14.7. The number of furan rings is 1. The third-order valence-electron chi connectivity index (χ3n) is 4.19. The molecule has 2 amide bonds. The van der Waals surface area contributed by atoms with Crippen molar-refractivity contribution in [3.8, 4) is 0 Å². The SMILES string of the molecule is Cc1occc1C(=O)Nc1cc(NC(=O)[C@@H]2CCS(=O)(=O)C2)ccc1F. The Morgan fingerprint density at radius 3 is 2.62 bits per heavy atom. The molecular weight excluding hydrogens is 363 g/mol. The standard InChI is InChI=1S/C17H17FN2O5S/c1-10-13(4-6-25-10)17(22)20-15-8-12(2-3-14(15)18)19-16(21)11-5-7-26(23,24)9-11/h2-4,6,8,11H,5,7,9H2,1H3,(H,19,21)(H,20,22)/t11-/m1/s1. The van der Waals surface area contributed by atoms with Crippen molar-refractivity contribution in [2.45, 2.75) is 13.3 Å². The number of carbonyl (C=O) groups is 2. The van der Waals surface area contributed by atoms with Crippen LogP contribution in [0.5, 0.6) is 0 Å². The van der Waals surface area contributed by atoms with Crippen LogP contribution < -0.4 is 10.6 Å². The van der Waals surface area contributed by atoms with E-state index in [1.807, 2.05) is 0 Å².